The second-order valence-electron chi connectivity index (χ2n) is 12.7. The number of nitrogens with zero attached hydrogens (tertiary/aromatic N) is 3. The molecular formula is C36H44N3O4+. The van der Waals surface area contributed by atoms with Gasteiger partial charge in [0.15, 0.2) is 5.71 Å². The molecule has 2 aromatic carbocycles. The van der Waals surface area contributed by atoms with Crippen molar-refractivity contribution in [3.05, 3.63) is 83.6 Å². The van der Waals surface area contributed by atoms with Gasteiger partial charge in [-0.2, -0.15) is 4.58 Å². The standard InChI is InChI=1S/C36H44N3O4/c1-6-24-37-28-17-11-9-15-26(28)35(2,3)30(37)19-14-20-31-36(4,5)27-16-10-12-18-29(27)38(31)25-13-7-8-21-34(42)43-39-32(40)22-23-33(39)41/h9-12,14-20H,6-8,13,21-25H2,1-5H3/q+1. The molecule has 5 rings (SSSR count). The summed E-state index contributed by atoms with van der Waals surface area (Å²) in [7, 11) is 0. The van der Waals surface area contributed by atoms with Crippen LogP contribution >= 0.6 is 0 Å². The number of hydroxylamine groups is 2. The van der Waals surface area contributed by atoms with E-state index >= 15 is 0 Å². The first-order valence-electron chi connectivity index (χ1n) is 15.6. The monoisotopic (exact) mass is 582 g/mol. The quantitative estimate of drug-likeness (QED) is 0.164. The highest BCUT2D eigenvalue weighted by Gasteiger charge is 2.44. The molecule has 226 valence electrons. The van der Waals surface area contributed by atoms with E-state index in [0.717, 1.165) is 32.4 Å². The number of anilines is 1. The smallest absolute Gasteiger partial charge is 0.333 e. The SMILES string of the molecule is CCC[N+]1=C(/C=C/C=C2/N(CCCCCC(=O)ON3C(=O)CCC3=O)c3ccccc3C2(C)C)C(C)(C)c2ccccc21. The molecule has 0 bridgehead atoms. The number of hydrogen-bond donors (Lipinski definition) is 0. The lowest BCUT2D eigenvalue weighted by atomic mass is 9.81. The maximum absolute atomic E-state index is 12.2. The molecule has 0 saturated carbocycles. The maximum atomic E-state index is 12.2. The lowest BCUT2D eigenvalue weighted by Crippen LogP contribution is -2.32. The number of fused-ring (bicyclic) bond motifs is 2. The minimum Gasteiger partial charge on any atom is -0.344 e. The van der Waals surface area contributed by atoms with Crippen LogP contribution in [0.15, 0.2) is 72.5 Å². The van der Waals surface area contributed by atoms with Gasteiger partial charge in [0, 0.05) is 66.7 Å². The Morgan fingerprint density at radius 3 is 2.30 bits per heavy atom. The van der Waals surface area contributed by atoms with Crippen molar-refractivity contribution in [1.82, 2.24) is 5.06 Å². The molecule has 7 heteroatoms. The van der Waals surface area contributed by atoms with Crippen LogP contribution in [0, 0.1) is 0 Å². The number of carbonyl (C=O) groups is 3. The van der Waals surface area contributed by atoms with E-state index in [1.807, 2.05) is 0 Å². The van der Waals surface area contributed by atoms with E-state index in [2.05, 4.69) is 111 Å². The fourth-order valence-electron chi connectivity index (χ4n) is 6.74. The van der Waals surface area contributed by atoms with Crippen molar-refractivity contribution in [3.63, 3.8) is 0 Å². The van der Waals surface area contributed by atoms with E-state index in [1.54, 1.807) is 0 Å². The van der Waals surface area contributed by atoms with Gasteiger partial charge >= 0.3 is 5.97 Å². The first-order chi connectivity index (χ1) is 20.6. The Labute approximate surface area is 255 Å². The first kappa shape index (κ1) is 30.5. The van der Waals surface area contributed by atoms with Crippen LogP contribution in [-0.4, -0.2) is 46.2 Å². The van der Waals surface area contributed by atoms with Gasteiger partial charge in [0.2, 0.25) is 5.69 Å². The summed E-state index contributed by atoms with van der Waals surface area (Å²) in [5.41, 5.74) is 7.56. The average molecular weight is 583 g/mol. The van der Waals surface area contributed by atoms with Crippen molar-refractivity contribution >= 4 is 34.9 Å². The minimum absolute atomic E-state index is 0.0783. The van der Waals surface area contributed by atoms with Crippen LogP contribution in [0.2, 0.25) is 0 Å². The fourth-order valence-corrected chi connectivity index (χ4v) is 6.74. The third-order valence-corrected chi connectivity index (χ3v) is 9.02. The van der Waals surface area contributed by atoms with Crippen molar-refractivity contribution in [1.29, 1.82) is 0 Å². The molecule has 0 atom stereocenters. The Balaban J connectivity index is 1.29. The zero-order valence-electron chi connectivity index (χ0n) is 26.2. The van der Waals surface area contributed by atoms with Crippen LogP contribution in [0.3, 0.4) is 0 Å². The maximum Gasteiger partial charge on any atom is 0.333 e. The highest BCUT2D eigenvalue weighted by molar-refractivity contribution is 6.03. The third kappa shape index (κ3) is 5.82. The number of hydrogen-bond acceptors (Lipinski definition) is 5. The van der Waals surface area contributed by atoms with Gasteiger partial charge in [0.1, 0.15) is 6.54 Å². The van der Waals surface area contributed by atoms with Gasteiger partial charge in [0.25, 0.3) is 11.8 Å². The van der Waals surface area contributed by atoms with Crippen molar-refractivity contribution < 1.29 is 23.8 Å². The van der Waals surface area contributed by atoms with Crippen LogP contribution < -0.4 is 4.90 Å². The predicted molar refractivity (Wildman–Crippen MR) is 169 cm³/mol. The molecule has 0 N–H and O–H groups in total. The summed E-state index contributed by atoms with van der Waals surface area (Å²) >= 11 is 0. The second-order valence-corrected chi connectivity index (χ2v) is 12.7. The van der Waals surface area contributed by atoms with E-state index in [1.165, 1.54) is 33.9 Å². The fraction of sp³-hybridized carbons (Fsp3) is 0.444. The molecule has 2 amide bonds. The van der Waals surface area contributed by atoms with E-state index in [9.17, 15) is 14.4 Å². The molecule has 0 aliphatic carbocycles. The highest BCUT2D eigenvalue weighted by Crippen LogP contribution is 2.48. The van der Waals surface area contributed by atoms with Crippen molar-refractivity contribution in [2.45, 2.75) is 90.4 Å². The lowest BCUT2D eigenvalue weighted by molar-refractivity contribution is -0.437. The number of unbranched alkanes of at least 4 members (excludes halogenated alkanes) is 2. The molecule has 3 heterocycles. The molecule has 43 heavy (non-hydrogen) atoms. The van der Waals surface area contributed by atoms with Gasteiger partial charge in [-0.25, -0.2) is 4.79 Å². The van der Waals surface area contributed by atoms with Crippen LogP contribution in [0.4, 0.5) is 11.4 Å². The predicted octanol–water partition coefficient (Wildman–Crippen LogP) is 6.88. The number of benzene rings is 2. The normalized spacial score (nSPS) is 19.6. The van der Waals surface area contributed by atoms with Crippen molar-refractivity contribution in [3.8, 4) is 0 Å². The number of rotatable bonds is 11. The number of amides is 2. The third-order valence-electron chi connectivity index (χ3n) is 9.02. The summed E-state index contributed by atoms with van der Waals surface area (Å²) in [5.74, 6) is -1.42. The van der Waals surface area contributed by atoms with Gasteiger partial charge in [0.05, 0.1) is 5.41 Å². The molecule has 1 fully saturated rings. The molecule has 3 aliphatic heterocycles. The van der Waals surface area contributed by atoms with E-state index in [-0.39, 0.29) is 30.1 Å². The second kappa shape index (κ2) is 12.3. The van der Waals surface area contributed by atoms with Crippen LogP contribution in [0.25, 0.3) is 0 Å². The summed E-state index contributed by atoms with van der Waals surface area (Å²) in [4.78, 5) is 43.1. The van der Waals surface area contributed by atoms with E-state index < -0.39 is 17.8 Å². The summed E-state index contributed by atoms with van der Waals surface area (Å²) < 4.78 is 2.47. The Morgan fingerprint density at radius 1 is 0.907 bits per heavy atom. The zero-order valence-corrected chi connectivity index (χ0v) is 26.2. The number of para-hydroxylation sites is 2. The molecule has 1 saturated heterocycles. The molecule has 0 spiro atoms. The van der Waals surface area contributed by atoms with Gasteiger partial charge in [-0.05, 0) is 44.4 Å². The van der Waals surface area contributed by atoms with Gasteiger partial charge < -0.3 is 9.74 Å². The van der Waals surface area contributed by atoms with Crippen LogP contribution in [0.1, 0.15) is 90.7 Å². The molecule has 0 aromatic heterocycles. The average Bonchev–Trinajstić information content (AvgIpc) is 3.49. The Bertz CT molecular complexity index is 1500. The Kier molecular flexibility index (Phi) is 8.72. The lowest BCUT2D eigenvalue weighted by Gasteiger charge is -2.27. The molecule has 3 aliphatic rings. The Morgan fingerprint density at radius 2 is 1.58 bits per heavy atom. The molecule has 2 aromatic rings. The van der Waals surface area contributed by atoms with Gasteiger partial charge in [-0.3, -0.25) is 9.59 Å². The zero-order chi connectivity index (χ0) is 30.8. The van der Waals surface area contributed by atoms with Crippen LogP contribution in [-0.2, 0) is 30.1 Å². The minimum atomic E-state index is -0.534. The summed E-state index contributed by atoms with van der Waals surface area (Å²) in [6.45, 7) is 13.2. The largest absolute Gasteiger partial charge is 0.344 e. The van der Waals surface area contributed by atoms with Crippen LogP contribution in [0.5, 0.6) is 0 Å². The highest BCUT2D eigenvalue weighted by atomic mass is 16.7. The van der Waals surface area contributed by atoms with E-state index in [4.69, 9.17) is 4.84 Å². The summed E-state index contributed by atoms with van der Waals surface area (Å²) in [6.07, 6.45) is 10.6. The molecule has 0 unspecified atom stereocenters. The van der Waals surface area contributed by atoms with Crippen molar-refractivity contribution in [2.24, 2.45) is 0 Å². The molecule has 7 nitrogen and oxygen atoms in total. The Hall–Kier alpha value is -4.00. The number of carbonyl (C=O) groups excluding carboxylic acids is 3. The molecule has 0 radical (unpaired) electrons. The van der Waals surface area contributed by atoms with E-state index in [0.29, 0.717) is 11.5 Å². The van der Waals surface area contributed by atoms with Gasteiger partial charge in [-0.1, -0.05) is 69.7 Å². The van der Waals surface area contributed by atoms with Crippen molar-refractivity contribution in [2.75, 3.05) is 18.0 Å². The number of imide groups is 1. The topological polar surface area (TPSA) is 69.9 Å². The number of allylic oxidation sites excluding steroid dienone is 4. The summed E-state index contributed by atoms with van der Waals surface area (Å²) in [6, 6.07) is 17.4. The summed E-state index contributed by atoms with van der Waals surface area (Å²) in [5, 5.41) is 0.626. The first-order valence-corrected chi connectivity index (χ1v) is 15.6. The molecular weight excluding hydrogens is 538 g/mol. The van der Waals surface area contributed by atoms with Gasteiger partial charge in [-0.15, -0.1) is 5.06 Å².